The minimum Gasteiger partial charge on any atom is -0.480 e. The monoisotopic (exact) mass is 301 g/mol. The van der Waals surface area contributed by atoms with E-state index >= 15 is 0 Å². The number of likely N-dealkylation sites (tertiary alicyclic amines) is 1. The van der Waals surface area contributed by atoms with Gasteiger partial charge in [0.2, 0.25) is 0 Å². The zero-order chi connectivity index (χ0) is 15.5. The first kappa shape index (κ1) is 15.8. The van der Waals surface area contributed by atoms with E-state index in [2.05, 4.69) is 0 Å². The van der Waals surface area contributed by atoms with Crippen LogP contribution in [0.4, 0.5) is 13.2 Å². The van der Waals surface area contributed by atoms with E-state index < -0.39 is 23.8 Å². The highest BCUT2D eigenvalue weighted by Crippen LogP contribution is 2.29. The topological polar surface area (TPSA) is 40.5 Å². The summed E-state index contributed by atoms with van der Waals surface area (Å²) in [7, 11) is 0. The Labute approximate surface area is 121 Å². The first-order valence-corrected chi connectivity index (χ1v) is 7.01. The smallest absolute Gasteiger partial charge is 0.416 e. The zero-order valence-corrected chi connectivity index (χ0v) is 11.6. The number of alkyl halides is 3. The summed E-state index contributed by atoms with van der Waals surface area (Å²) in [5.74, 6) is -0.790. The minimum atomic E-state index is -4.30. The van der Waals surface area contributed by atoms with Crippen LogP contribution < -0.4 is 0 Å². The van der Waals surface area contributed by atoms with Gasteiger partial charge in [-0.2, -0.15) is 13.2 Å². The zero-order valence-electron chi connectivity index (χ0n) is 11.6. The fourth-order valence-corrected chi connectivity index (χ4v) is 2.72. The van der Waals surface area contributed by atoms with Crippen molar-refractivity contribution in [2.45, 2.75) is 37.9 Å². The van der Waals surface area contributed by atoms with Gasteiger partial charge in [-0.05, 0) is 56.5 Å². The first-order valence-electron chi connectivity index (χ1n) is 7.01. The van der Waals surface area contributed by atoms with Gasteiger partial charge in [0.25, 0.3) is 0 Å². The maximum Gasteiger partial charge on any atom is 0.416 e. The Morgan fingerprint density at radius 3 is 2.52 bits per heavy atom. The van der Waals surface area contributed by atoms with Crippen LogP contribution >= 0.6 is 0 Å². The van der Waals surface area contributed by atoms with E-state index in [0.29, 0.717) is 19.4 Å². The van der Waals surface area contributed by atoms with E-state index in [4.69, 9.17) is 5.11 Å². The second-order valence-electron chi connectivity index (χ2n) is 5.33. The molecule has 1 N–H and O–H groups in total. The number of hydrogen-bond acceptors (Lipinski definition) is 2. The van der Waals surface area contributed by atoms with Crippen LogP contribution in [-0.4, -0.2) is 35.1 Å². The number of hydrogen-bond donors (Lipinski definition) is 1. The molecular formula is C15H18F3NO2. The van der Waals surface area contributed by atoms with Gasteiger partial charge in [-0.15, -0.1) is 0 Å². The van der Waals surface area contributed by atoms with E-state index in [0.717, 1.165) is 37.1 Å². The molecule has 1 atom stereocenters. The largest absolute Gasteiger partial charge is 0.480 e. The maximum absolute atomic E-state index is 12.4. The molecule has 0 aliphatic carbocycles. The highest BCUT2D eigenvalue weighted by Gasteiger charge is 2.30. The second-order valence-corrected chi connectivity index (χ2v) is 5.33. The van der Waals surface area contributed by atoms with Crippen molar-refractivity contribution in [1.29, 1.82) is 0 Å². The quantitative estimate of drug-likeness (QED) is 0.908. The van der Waals surface area contributed by atoms with Crippen LogP contribution in [0.2, 0.25) is 0 Å². The highest BCUT2D eigenvalue weighted by molar-refractivity contribution is 5.73. The molecule has 1 saturated heterocycles. The van der Waals surface area contributed by atoms with Crippen molar-refractivity contribution in [2.24, 2.45) is 0 Å². The predicted molar refractivity (Wildman–Crippen MR) is 72.0 cm³/mol. The molecule has 6 heteroatoms. The molecule has 0 saturated carbocycles. The molecule has 0 aromatic heterocycles. The molecular weight excluding hydrogens is 283 g/mol. The Balaban J connectivity index is 1.82. The van der Waals surface area contributed by atoms with E-state index in [1.807, 2.05) is 4.90 Å². The lowest BCUT2D eigenvalue weighted by atomic mass is 10.1. The molecule has 1 aromatic carbocycles. The summed E-state index contributed by atoms with van der Waals surface area (Å²) in [6, 6.07) is 4.75. The number of halogens is 3. The van der Waals surface area contributed by atoms with Crippen LogP contribution in [0.15, 0.2) is 24.3 Å². The molecule has 1 aromatic rings. The summed E-state index contributed by atoms with van der Waals surface area (Å²) in [5, 5.41) is 9.06. The predicted octanol–water partition coefficient (Wildman–Crippen LogP) is 3.19. The lowest BCUT2D eigenvalue weighted by Crippen LogP contribution is -2.36. The normalized spacial score (nSPS) is 19.9. The molecule has 1 heterocycles. The van der Waals surface area contributed by atoms with Crippen molar-refractivity contribution >= 4 is 5.97 Å². The third-order valence-electron chi connectivity index (χ3n) is 3.84. The van der Waals surface area contributed by atoms with Crippen LogP contribution in [0.3, 0.4) is 0 Å². The number of aliphatic carboxylic acids is 1. The Hall–Kier alpha value is -1.56. The third kappa shape index (κ3) is 4.20. The van der Waals surface area contributed by atoms with Crippen LogP contribution in [-0.2, 0) is 17.4 Å². The number of carboxylic acid groups (broad SMARTS) is 1. The average molecular weight is 301 g/mol. The van der Waals surface area contributed by atoms with Gasteiger partial charge in [0.1, 0.15) is 6.04 Å². The molecule has 116 valence electrons. The van der Waals surface area contributed by atoms with Crippen molar-refractivity contribution in [3.8, 4) is 0 Å². The van der Waals surface area contributed by atoms with Crippen molar-refractivity contribution in [3.63, 3.8) is 0 Å². The van der Waals surface area contributed by atoms with Gasteiger partial charge < -0.3 is 5.11 Å². The molecule has 0 unspecified atom stereocenters. The summed E-state index contributed by atoms with van der Waals surface area (Å²) in [6.45, 7) is 1.45. The van der Waals surface area contributed by atoms with Gasteiger partial charge in [0.05, 0.1) is 5.56 Å². The van der Waals surface area contributed by atoms with Gasteiger partial charge in [0.15, 0.2) is 0 Å². The molecule has 0 amide bonds. The van der Waals surface area contributed by atoms with Gasteiger partial charge in [-0.1, -0.05) is 12.1 Å². The maximum atomic E-state index is 12.4. The van der Waals surface area contributed by atoms with Crippen LogP contribution in [0.5, 0.6) is 0 Å². The summed E-state index contributed by atoms with van der Waals surface area (Å²) in [4.78, 5) is 13.0. The lowest BCUT2D eigenvalue weighted by molar-refractivity contribution is -0.142. The van der Waals surface area contributed by atoms with Gasteiger partial charge in [-0.3, -0.25) is 9.69 Å². The third-order valence-corrected chi connectivity index (χ3v) is 3.84. The average Bonchev–Trinajstić information content (AvgIpc) is 2.87. The van der Waals surface area contributed by atoms with Crippen molar-refractivity contribution < 1.29 is 23.1 Å². The first-order chi connectivity index (χ1) is 9.88. The number of benzene rings is 1. The minimum absolute atomic E-state index is 0.405. The second kappa shape index (κ2) is 6.47. The van der Waals surface area contributed by atoms with E-state index in [9.17, 15) is 18.0 Å². The number of nitrogens with zero attached hydrogens (tertiary/aromatic N) is 1. The van der Waals surface area contributed by atoms with Gasteiger partial charge in [0, 0.05) is 0 Å². The summed E-state index contributed by atoms with van der Waals surface area (Å²) in [5.41, 5.74) is 0.200. The molecule has 2 rings (SSSR count). The number of carboxylic acids is 1. The Morgan fingerprint density at radius 2 is 1.95 bits per heavy atom. The Morgan fingerprint density at radius 1 is 1.29 bits per heavy atom. The molecule has 1 fully saturated rings. The van der Waals surface area contributed by atoms with Crippen LogP contribution in [0.25, 0.3) is 0 Å². The molecule has 1 aliphatic rings. The Bertz CT molecular complexity index is 485. The Kier molecular flexibility index (Phi) is 4.88. The van der Waals surface area contributed by atoms with Gasteiger partial charge in [-0.25, -0.2) is 0 Å². The molecule has 1 aliphatic heterocycles. The van der Waals surface area contributed by atoms with E-state index in [1.165, 1.54) is 12.1 Å². The lowest BCUT2D eigenvalue weighted by Gasteiger charge is -2.20. The van der Waals surface area contributed by atoms with E-state index in [1.54, 1.807) is 0 Å². The summed E-state index contributed by atoms with van der Waals surface area (Å²) < 4.78 is 37.3. The fraction of sp³-hybridized carbons (Fsp3) is 0.533. The van der Waals surface area contributed by atoms with Crippen molar-refractivity contribution in [2.75, 3.05) is 13.1 Å². The molecule has 3 nitrogen and oxygen atoms in total. The van der Waals surface area contributed by atoms with Crippen LogP contribution in [0.1, 0.15) is 30.4 Å². The van der Waals surface area contributed by atoms with Crippen molar-refractivity contribution in [3.05, 3.63) is 35.4 Å². The standard InChI is InChI=1S/C15H18F3NO2/c16-15(17,18)12-7-5-11(6-8-12)3-1-9-19-10-2-4-13(19)14(20)21/h5-8,13H,1-4,9-10H2,(H,20,21)/t13-/m0/s1. The number of carbonyl (C=O) groups is 1. The molecule has 21 heavy (non-hydrogen) atoms. The fourth-order valence-electron chi connectivity index (χ4n) is 2.72. The van der Waals surface area contributed by atoms with E-state index in [-0.39, 0.29) is 0 Å². The van der Waals surface area contributed by atoms with Gasteiger partial charge >= 0.3 is 12.1 Å². The van der Waals surface area contributed by atoms with Crippen LogP contribution in [0, 0.1) is 0 Å². The SMILES string of the molecule is O=C(O)[C@@H]1CCCN1CCCc1ccc(C(F)(F)F)cc1. The molecule has 0 radical (unpaired) electrons. The molecule has 0 spiro atoms. The summed E-state index contributed by atoms with van der Waals surface area (Å²) >= 11 is 0. The number of aryl methyl sites for hydroxylation is 1. The highest BCUT2D eigenvalue weighted by atomic mass is 19.4. The summed E-state index contributed by atoms with van der Waals surface area (Å²) in [6.07, 6.45) is -1.34. The number of rotatable bonds is 5. The molecule has 0 bridgehead atoms. The van der Waals surface area contributed by atoms with Crippen molar-refractivity contribution in [1.82, 2.24) is 4.90 Å².